The average molecular weight is 301 g/mol. The van der Waals surface area contributed by atoms with Gasteiger partial charge in [0, 0.05) is 6.54 Å². The number of carboxylic acids is 1. The number of halogens is 3. The number of aliphatic hydroxyl groups excluding tert-OH is 1. The first-order valence-electron chi connectivity index (χ1n) is 5.34. The zero-order valence-electron chi connectivity index (χ0n) is 10.2. The number of rotatable bonds is 7. The van der Waals surface area contributed by atoms with Crippen molar-refractivity contribution < 1.29 is 37.8 Å². The third-order valence-electron chi connectivity index (χ3n) is 1.86. The molecule has 0 spiro atoms. The number of amides is 3. The van der Waals surface area contributed by atoms with E-state index in [0.29, 0.717) is 0 Å². The van der Waals surface area contributed by atoms with Gasteiger partial charge in [-0.25, -0.2) is 4.79 Å². The third kappa shape index (κ3) is 8.97. The lowest BCUT2D eigenvalue weighted by Gasteiger charge is -2.23. The fourth-order valence-corrected chi connectivity index (χ4v) is 1.09. The maximum Gasteiger partial charge on any atom is 0.406 e. The molecule has 0 rings (SSSR count). The van der Waals surface area contributed by atoms with Crippen LogP contribution in [0.5, 0.6) is 0 Å². The number of aliphatic carboxylic acids is 1. The van der Waals surface area contributed by atoms with Crippen LogP contribution < -0.4 is 10.6 Å². The summed E-state index contributed by atoms with van der Waals surface area (Å²) in [6.45, 7) is -4.14. The normalized spacial score (nSPS) is 10.8. The van der Waals surface area contributed by atoms with Crippen LogP contribution in [0.1, 0.15) is 0 Å². The van der Waals surface area contributed by atoms with E-state index >= 15 is 0 Å². The lowest BCUT2D eigenvalue weighted by Crippen LogP contribution is -2.48. The quantitative estimate of drug-likeness (QED) is 0.469. The minimum Gasteiger partial charge on any atom is -0.480 e. The van der Waals surface area contributed by atoms with Crippen LogP contribution >= 0.6 is 0 Å². The lowest BCUT2D eigenvalue weighted by atomic mass is 10.4. The second-order valence-corrected chi connectivity index (χ2v) is 3.59. The van der Waals surface area contributed by atoms with E-state index in [9.17, 15) is 27.6 Å². The number of alkyl halides is 3. The van der Waals surface area contributed by atoms with Gasteiger partial charge in [0.15, 0.2) is 0 Å². The molecule has 0 fully saturated rings. The van der Waals surface area contributed by atoms with Gasteiger partial charge in [-0.05, 0) is 0 Å². The van der Waals surface area contributed by atoms with Crippen LogP contribution in [-0.2, 0) is 9.59 Å². The van der Waals surface area contributed by atoms with E-state index in [1.54, 1.807) is 0 Å². The molecule has 0 unspecified atom stereocenters. The van der Waals surface area contributed by atoms with Crippen molar-refractivity contribution in [2.45, 2.75) is 6.18 Å². The van der Waals surface area contributed by atoms with Crippen molar-refractivity contribution >= 4 is 17.9 Å². The van der Waals surface area contributed by atoms with Crippen molar-refractivity contribution in [1.82, 2.24) is 15.5 Å². The number of hydrogen-bond acceptors (Lipinski definition) is 4. The van der Waals surface area contributed by atoms with E-state index in [0.717, 1.165) is 0 Å². The minimum absolute atomic E-state index is 0.282. The Balaban J connectivity index is 4.25. The summed E-state index contributed by atoms with van der Waals surface area (Å²) in [7, 11) is 0. The number of carboxylic acid groups (broad SMARTS) is 1. The molecule has 0 saturated heterocycles. The Kier molecular flexibility index (Phi) is 7.36. The second-order valence-electron chi connectivity index (χ2n) is 3.59. The van der Waals surface area contributed by atoms with Crippen LogP contribution in [0.4, 0.5) is 18.0 Å². The van der Waals surface area contributed by atoms with Crippen LogP contribution in [0, 0.1) is 0 Å². The number of aliphatic hydroxyl groups is 1. The van der Waals surface area contributed by atoms with Crippen LogP contribution in [0.15, 0.2) is 0 Å². The Morgan fingerprint density at radius 1 is 1.10 bits per heavy atom. The maximum atomic E-state index is 12.2. The van der Waals surface area contributed by atoms with E-state index in [-0.39, 0.29) is 4.90 Å². The molecule has 0 aliphatic heterocycles. The summed E-state index contributed by atoms with van der Waals surface area (Å²) in [5, 5.41) is 20.6. The number of nitrogens with one attached hydrogen (secondary N) is 2. The lowest BCUT2D eigenvalue weighted by molar-refractivity contribution is -0.141. The van der Waals surface area contributed by atoms with E-state index < -0.39 is 56.9 Å². The molecule has 0 aliphatic rings. The molecule has 11 heteroatoms. The van der Waals surface area contributed by atoms with Gasteiger partial charge in [-0.2, -0.15) is 13.2 Å². The molecule has 3 amide bonds. The second kappa shape index (κ2) is 8.19. The number of urea groups is 1. The van der Waals surface area contributed by atoms with Crippen LogP contribution in [0.25, 0.3) is 0 Å². The predicted molar refractivity (Wildman–Crippen MR) is 58.8 cm³/mol. The zero-order valence-corrected chi connectivity index (χ0v) is 10.2. The van der Waals surface area contributed by atoms with Gasteiger partial charge in [0.1, 0.15) is 13.1 Å². The summed E-state index contributed by atoms with van der Waals surface area (Å²) >= 11 is 0. The first kappa shape index (κ1) is 18.0. The fourth-order valence-electron chi connectivity index (χ4n) is 1.09. The van der Waals surface area contributed by atoms with Crippen LogP contribution in [0.3, 0.4) is 0 Å². The molecular formula is C9H14F3N3O5. The van der Waals surface area contributed by atoms with Gasteiger partial charge in [-0.15, -0.1) is 0 Å². The molecular weight excluding hydrogens is 287 g/mol. The highest BCUT2D eigenvalue weighted by Gasteiger charge is 2.32. The summed E-state index contributed by atoms with van der Waals surface area (Å²) in [6, 6.07) is -1.19. The summed E-state index contributed by atoms with van der Waals surface area (Å²) in [6.07, 6.45) is -4.64. The molecule has 0 saturated carbocycles. The summed E-state index contributed by atoms with van der Waals surface area (Å²) in [4.78, 5) is 32.8. The molecule has 0 aromatic rings. The molecule has 0 radical (unpaired) electrons. The first-order valence-corrected chi connectivity index (χ1v) is 5.34. The van der Waals surface area contributed by atoms with Crippen molar-refractivity contribution in [3.8, 4) is 0 Å². The molecule has 8 nitrogen and oxygen atoms in total. The van der Waals surface area contributed by atoms with Gasteiger partial charge in [0.05, 0.1) is 13.2 Å². The molecule has 0 heterocycles. The largest absolute Gasteiger partial charge is 0.480 e. The molecule has 0 aromatic heterocycles. The van der Waals surface area contributed by atoms with Gasteiger partial charge < -0.3 is 25.7 Å². The van der Waals surface area contributed by atoms with Gasteiger partial charge >= 0.3 is 18.2 Å². The Labute approximate surface area is 111 Å². The Bertz CT molecular complexity index is 361. The molecule has 4 N–H and O–H groups in total. The molecule has 0 aliphatic carbocycles. The number of carbonyl (C=O) groups is 3. The van der Waals surface area contributed by atoms with Gasteiger partial charge in [0.25, 0.3) is 0 Å². The Morgan fingerprint density at radius 2 is 1.70 bits per heavy atom. The topological polar surface area (TPSA) is 119 Å². The molecule has 20 heavy (non-hydrogen) atoms. The molecule has 0 aromatic carbocycles. The van der Waals surface area contributed by atoms with Gasteiger partial charge in [-0.1, -0.05) is 0 Å². The van der Waals surface area contributed by atoms with Crippen molar-refractivity contribution in [3.05, 3.63) is 0 Å². The molecule has 0 atom stereocenters. The maximum absolute atomic E-state index is 12.2. The Morgan fingerprint density at radius 3 is 2.15 bits per heavy atom. The molecule has 116 valence electrons. The van der Waals surface area contributed by atoms with Gasteiger partial charge in [-0.3, -0.25) is 9.59 Å². The summed E-state index contributed by atoms with van der Waals surface area (Å²) < 4.78 is 36.5. The molecule has 0 bridgehead atoms. The third-order valence-corrected chi connectivity index (χ3v) is 1.86. The highest BCUT2D eigenvalue weighted by molar-refractivity contribution is 5.86. The predicted octanol–water partition coefficient (Wildman–Crippen LogP) is -1.25. The van der Waals surface area contributed by atoms with Crippen LogP contribution in [0.2, 0.25) is 0 Å². The fraction of sp³-hybridized carbons (Fsp3) is 0.667. The first-order chi connectivity index (χ1) is 9.15. The number of carbonyl (C=O) groups excluding carboxylic acids is 2. The minimum atomic E-state index is -4.64. The summed E-state index contributed by atoms with van der Waals surface area (Å²) in [5.74, 6) is -2.17. The average Bonchev–Trinajstić information content (AvgIpc) is 2.31. The van der Waals surface area contributed by atoms with E-state index in [1.165, 1.54) is 0 Å². The van der Waals surface area contributed by atoms with Crippen molar-refractivity contribution in [1.29, 1.82) is 0 Å². The van der Waals surface area contributed by atoms with E-state index in [2.05, 4.69) is 0 Å². The monoisotopic (exact) mass is 301 g/mol. The number of hydrogen-bond donors (Lipinski definition) is 4. The standard InChI is InChI=1S/C9H14F3N3O5/c10-9(11,12)5-15(1-2-16)8(20)14-3-6(17)13-4-7(18)19/h16H,1-5H2,(H,13,17)(H,14,20)(H,18,19). The highest BCUT2D eigenvalue weighted by atomic mass is 19.4. The van der Waals surface area contributed by atoms with E-state index in [4.69, 9.17) is 10.2 Å². The van der Waals surface area contributed by atoms with Crippen molar-refractivity contribution in [2.24, 2.45) is 0 Å². The zero-order chi connectivity index (χ0) is 15.8. The van der Waals surface area contributed by atoms with Crippen molar-refractivity contribution in [2.75, 3.05) is 32.8 Å². The number of nitrogens with zero attached hydrogens (tertiary/aromatic N) is 1. The van der Waals surface area contributed by atoms with Crippen LogP contribution in [-0.4, -0.2) is 72.0 Å². The highest BCUT2D eigenvalue weighted by Crippen LogP contribution is 2.16. The smallest absolute Gasteiger partial charge is 0.406 e. The van der Waals surface area contributed by atoms with Gasteiger partial charge in [0.2, 0.25) is 5.91 Å². The SMILES string of the molecule is O=C(O)CNC(=O)CNC(=O)N(CCO)CC(F)(F)F. The van der Waals surface area contributed by atoms with E-state index in [1.807, 2.05) is 10.6 Å². The summed E-state index contributed by atoms with van der Waals surface area (Å²) in [5.41, 5.74) is 0. The Hall–Kier alpha value is -2.04. The van der Waals surface area contributed by atoms with Crippen molar-refractivity contribution in [3.63, 3.8) is 0 Å².